The number of hydrogen-bond donors (Lipinski definition) is 2. The lowest BCUT2D eigenvalue weighted by atomic mass is 9.84. The highest BCUT2D eigenvalue weighted by Gasteiger charge is 2.27. The molecule has 1 aromatic rings. The maximum atomic E-state index is 13.3. The van der Waals surface area contributed by atoms with Gasteiger partial charge in [0.2, 0.25) is 5.91 Å². The second kappa shape index (κ2) is 15.9. The van der Waals surface area contributed by atoms with Gasteiger partial charge in [-0.25, -0.2) is 0 Å². The maximum Gasteiger partial charge on any atom is 0.307 e. The lowest BCUT2D eigenvalue weighted by molar-refractivity contribution is -0.141. The smallest absolute Gasteiger partial charge is 0.307 e. The summed E-state index contributed by atoms with van der Waals surface area (Å²) in [4.78, 5) is 26.7. The van der Waals surface area contributed by atoms with Crippen molar-refractivity contribution in [3.05, 3.63) is 28.8 Å². The van der Waals surface area contributed by atoms with E-state index in [1.54, 1.807) is 30.4 Å². The van der Waals surface area contributed by atoms with Crippen molar-refractivity contribution in [2.45, 2.75) is 115 Å². The van der Waals surface area contributed by atoms with Gasteiger partial charge in [-0.3, -0.25) is 9.59 Å². The first-order valence-corrected chi connectivity index (χ1v) is 15.9. The van der Waals surface area contributed by atoms with Crippen LogP contribution in [0.25, 0.3) is 0 Å². The van der Waals surface area contributed by atoms with Crippen LogP contribution in [0.5, 0.6) is 5.75 Å². The van der Waals surface area contributed by atoms with Crippen molar-refractivity contribution in [2.24, 2.45) is 11.8 Å². The minimum atomic E-state index is -0.779. The highest BCUT2D eigenvalue weighted by atomic mass is 32.2. The van der Waals surface area contributed by atoms with E-state index in [1.165, 1.54) is 0 Å². The Morgan fingerprint density at radius 2 is 1.41 bits per heavy atom. The topological polar surface area (TPSA) is 77.8 Å². The molecular weight excluding hydrogens is 502 g/mol. The van der Waals surface area contributed by atoms with Gasteiger partial charge in [-0.2, -0.15) is 23.5 Å². The van der Waals surface area contributed by atoms with Gasteiger partial charge in [0.25, 0.3) is 0 Å². The van der Waals surface area contributed by atoms with Gasteiger partial charge < -0.3 is 15.1 Å². The van der Waals surface area contributed by atoms with Crippen LogP contribution in [0, 0.1) is 11.8 Å². The standard InChI is InChI=1S/C30H51NO4S2/c1-10-12-14-31(15-13-11-2)28(33)20(3)22(5)37-19-25-16-24(17-26(27(25)32)30(7,8)9)18-36-23(6)21(4)29(34)35/h16-17,20-23,32H,10-15,18-19H2,1-9H3,(H,34,35). The Hall–Kier alpha value is -1.34. The average Bonchev–Trinajstić information content (AvgIpc) is 2.84. The number of phenolic OH excluding ortho intramolecular Hbond substituents is 1. The van der Waals surface area contributed by atoms with Gasteiger partial charge in [0.1, 0.15) is 5.75 Å². The minimum absolute atomic E-state index is 0.0162. The van der Waals surface area contributed by atoms with Gasteiger partial charge >= 0.3 is 5.97 Å². The Kier molecular flexibility index (Phi) is 14.5. The SMILES string of the molecule is CCCCN(CCCC)C(=O)C(C)C(C)SCc1cc(CSC(C)C(C)C(=O)O)cc(C(C)(C)C)c1O. The fourth-order valence-electron chi connectivity index (χ4n) is 3.98. The Morgan fingerprint density at radius 1 is 0.892 bits per heavy atom. The molecule has 0 aliphatic rings. The number of hydrogen-bond acceptors (Lipinski definition) is 5. The lowest BCUT2D eigenvalue weighted by Crippen LogP contribution is -2.39. The summed E-state index contributed by atoms with van der Waals surface area (Å²) in [6.07, 6.45) is 4.21. The van der Waals surface area contributed by atoms with E-state index in [9.17, 15) is 19.8 Å². The molecule has 4 unspecified atom stereocenters. The van der Waals surface area contributed by atoms with E-state index in [-0.39, 0.29) is 27.7 Å². The van der Waals surface area contributed by atoms with Crippen LogP contribution in [0.15, 0.2) is 12.1 Å². The summed E-state index contributed by atoms with van der Waals surface area (Å²) in [6, 6.07) is 4.11. The van der Waals surface area contributed by atoms with Gasteiger partial charge in [-0.15, -0.1) is 0 Å². The van der Waals surface area contributed by atoms with E-state index in [0.717, 1.165) is 55.5 Å². The van der Waals surface area contributed by atoms with E-state index in [1.807, 2.05) is 18.7 Å². The van der Waals surface area contributed by atoms with Crippen molar-refractivity contribution >= 4 is 35.4 Å². The molecule has 0 heterocycles. The number of carboxylic acids is 1. The van der Waals surface area contributed by atoms with Gasteiger partial charge in [-0.1, -0.05) is 87.3 Å². The molecule has 0 radical (unpaired) electrons. The summed E-state index contributed by atoms with van der Waals surface area (Å²) in [5.41, 5.74) is 2.65. The van der Waals surface area contributed by atoms with Gasteiger partial charge in [0, 0.05) is 46.6 Å². The number of amides is 1. The number of carboxylic acid groups (broad SMARTS) is 1. The number of aliphatic carboxylic acids is 1. The second-order valence-electron chi connectivity index (χ2n) is 11.4. The van der Waals surface area contributed by atoms with Crippen LogP contribution in [0.3, 0.4) is 0 Å². The second-order valence-corrected chi connectivity index (χ2v) is 14.1. The van der Waals surface area contributed by atoms with Crippen LogP contribution in [-0.2, 0) is 26.5 Å². The van der Waals surface area contributed by atoms with Crippen molar-refractivity contribution in [1.29, 1.82) is 0 Å². The molecule has 7 heteroatoms. The van der Waals surface area contributed by atoms with Crippen LogP contribution >= 0.6 is 23.5 Å². The molecule has 2 N–H and O–H groups in total. The predicted molar refractivity (Wildman–Crippen MR) is 161 cm³/mol. The van der Waals surface area contributed by atoms with Crippen LogP contribution in [-0.4, -0.2) is 50.6 Å². The number of carbonyl (C=O) groups excluding carboxylic acids is 1. The van der Waals surface area contributed by atoms with Gasteiger partial charge in [0.05, 0.1) is 5.92 Å². The molecule has 0 saturated heterocycles. The third-order valence-corrected chi connectivity index (χ3v) is 9.98. The number of benzene rings is 1. The molecule has 0 fully saturated rings. The Bertz CT molecular complexity index is 860. The number of rotatable bonds is 16. The summed E-state index contributed by atoms with van der Waals surface area (Å²) in [6.45, 7) is 20.1. The molecule has 4 atom stereocenters. The zero-order chi connectivity index (χ0) is 28.3. The Balaban J connectivity index is 3.03. The molecule has 1 aromatic carbocycles. The lowest BCUT2D eigenvalue weighted by Gasteiger charge is -2.29. The zero-order valence-electron chi connectivity index (χ0n) is 24.6. The van der Waals surface area contributed by atoms with Crippen molar-refractivity contribution in [1.82, 2.24) is 4.90 Å². The highest BCUT2D eigenvalue weighted by Crippen LogP contribution is 2.38. The van der Waals surface area contributed by atoms with Crippen LogP contribution in [0.1, 0.15) is 105 Å². The van der Waals surface area contributed by atoms with E-state index < -0.39 is 11.9 Å². The zero-order valence-corrected chi connectivity index (χ0v) is 26.2. The van der Waals surface area contributed by atoms with Crippen molar-refractivity contribution < 1.29 is 19.8 Å². The summed E-state index contributed by atoms with van der Waals surface area (Å²) >= 11 is 3.34. The third-order valence-electron chi connectivity index (χ3n) is 7.13. The quantitative estimate of drug-likeness (QED) is 0.218. The number of carbonyl (C=O) groups is 2. The van der Waals surface area contributed by atoms with Crippen molar-refractivity contribution in [2.75, 3.05) is 13.1 Å². The molecule has 1 rings (SSSR count). The van der Waals surface area contributed by atoms with Crippen LogP contribution < -0.4 is 0 Å². The number of nitrogens with zero attached hydrogens (tertiary/aromatic N) is 1. The monoisotopic (exact) mass is 553 g/mol. The van der Waals surface area contributed by atoms with E-state index in [4.69, 9.17) is 0 Å². The number of unbranched alkanes of at least 4 members (excludes halogenated alkanes) is 2. The number of thioether (sulfide) groups is 2. The summed E-state index contributed by atoms with van der Waals surface area (Å²) < 4.78 is 0. The fourth-order valence-corrected chi connectivity index (χ4v) is 6.08. The third kappa shape index (κ3) is 10.7. The largest absolute Gasteiger partial charge is 0.507 e. The first-order valence-electron chi connectivity index (χ1n) is 13.8. The molecule has 0 aliphatic heterocycles. The molecule has 0 aliphatic carbocycles. The van der Waals surface area contributed by atoms with Crippen LogP contribution in [0.4, 0.5) is 0 Å². The molecule has 0 spiro atoms. The average molecular weight is 554 g/mol. The molecule has 0 aromatic heterocycles. The number of aromatic hydroxyl groups is 1. The van der Waals surface area contributed by atoms with E-state index >= 15 is 0 Å². The first-order chi connectivity index (χ1) is 17.2. The normalized spacial score (nSPS) is 15.2. The molecule has 1 amide bonds. The summed E-state index contributed by atoms with van der Waals surface area (Å²) in [5, 5.41) is 20.6. The van der Waals surface area contributed by atoms with E-state index in [2.05, 4.69) is 53.7 Å². The molecule has 5 nitrogen and oxygen atoms in total. The Labute approximate surface area is 234 Å². The molecular formula is C30H51NO4S2. The summed E-state index contributed by atoms with van der Waals surface area (Å²) in [7, 11) is 0. The first kappa shape index (κ1) is 33.7. The fraction of sp³-hybridized carbons (Fsp3) is 0.733. The van der Waals surface area contributed by atoms with Crippen molar-refractivity contribution in [3.8, 4) is 5.75 Å². The predicted octanol–water partition coefficient (Wildman–Crippen LogP) is 7.72. The molecule has 0 bridgehead atoms. The maximum absolute atomic E-state index is 13.3. The molecule has 37 heavy (non-hydrogen) atoms. The number of phenols is 1. The van der Waals surface area contributed by atoms with Gasteiger partial charge in [0.15, 0.2) is 0 Å². The minimum Gasteiger partial charge on any atom is -0.507 e. The van der Waals surface area contributed by atoms with E-state index in [0.29, 0.717) is 17.3 Å². The Morgan fingerprint density at radius 3 is 1.89 bits per heavy atom. The summed E-state index contributed by atoms with van der Waals surface area (Å²) in [5.74, 6) is 0.574. The molecule has 0 saturated carbocycles. The van der Waals surface area contributed by atoms with Crippen LogP contribution in [0.2, 0.25) is 0 Å². The van der Waals surface area contributed by atoms with Gasteiger partial charge in [-0.05, 0) is 29.4 Å². The molecule has 212 valence electrons. The van der Waals surface area contributed by atoms with Crippen molar-refractivity contribution in [3.63, 3.8) is 0 Å². The highest BCUT2D eigenvalue weighted by molar-refractivity contribution is 7.99.